The van der Waals surface area contributed by atoms with Gasteiger partial charge in [0.2, 0.25) is 0 Å². The fraction of sp³-hybridized carbons (Fsp3) is 0. The molecule has 10 heteroatoms. The Bertz CT molecular complexity index is 761. The number of nitro benzene ring substituents is 1. The summed E-state index contributed by atoms with van der Waals surface area (Å²) in [5.74, 6) is -1.86. The summed E-state index contributed by atoms with van der Waals surface area (Å²) in [6.45, 7) is 0. The number of benzene rings is 2. The summed E-state index contributed by atoms with van der Waals surface area (Å²) in [6, 6.07) is 5.73. The van der Waals surface area contributed by atoms with Crippen molar-refractivity contribution in [1.82, 2.24) is 0 Å². The van der Waals surface area contributed by atoms with Gasteiger partial charge >= 0.3 is 29.6 Å². The minimum Gasteiger partial charge on any atom is -0.545 e. The summed E-state index contributed by atoms with van der Waals surface area (Å²) in [5, 5.41) is 22.2. The molecule has 0 radical (unpaired) electrons. The molecular weight excluding hydrogens is 379 g/mol. The summed E-state index contributed by atoms with van der Waals surface area (Å²) >= 11 is 17.6. The van der Waals surface area contributed by atoms with Gasteiger partial charge < -0.3 is 14.6 Å². The quantitative estimate of drug-likeness (QED) is 0.440. The molecular formula is C13H5Cl3NNaO5. The fourth-order valence-corrected chi connectivity index (χ4v) is 2.51. The van der Waals surface area contributed by atoms with Gasteiger partial charge in [0.1, 0.15) is 5.75 Å². The van der Waals surface area contributed by atoms with Crippen LogP contribution in [0.2, 0.25) is 15.1 Å². The van der Waals surface area contributed by atoms with E-state index in [9.17, 15) is 20.0 Å². The van der Waals surface area contributed by atoms with E-state index in [2.05, 4.69) is 0 Å². The second kappa shape index (κ2) is 8.19. The number of hydrogen-bond acceptors (Lipinski definition) is 5. The van der Waals surface area contributed by atoms with E-state index in [1.54, 1.807) is 0 Å². The van der Waals surface area contributed by atoms with Gasteiger partial charge in [0.05, 0.1) is 20.9 Å². The van der Waals surface area contributed by atoms with Crippen molar-refractivity contribution in [2.75, 3.05) is 0 Å². The van der Waals surface area contributed by atoms with Gasteiger partial charge in [0.25, 0.3) is 5.69 Å². The van der Waals surface area contributed by atoms with Crippen LogP contribution in [0.25, 0.3) is 0 Å². The number of hydrogen-bond donors (Lipinski definition) is 0. The number of carboxylic acid groups (broad SMARTS) is 1. The third-order valence-corrected chi connectivity index (χ3v) is 3.35. The topological polar surface area (TPSA) is 92.5 Å². The monoisotopic (exact) mass is 383 g/mol. The Hall–Kier alpha value is -1.02. The molecule has 0 unspecified atom stereocenters. The Morgan fingerprint density at radius 3 is 2.13 bits per heavy atom. The van der Waals surface area contributed by atoms with Crippen LogP contribution in [-0.2, 0) is 0 Å². The zero-order valence-corrected chi connectivity index (χ0v) is 15.8. The van der Waals surface area contributed by atoms with Crippen LogP contribution >= 0.6 is 34.8 Å². The molecule has 0 saturated carbocycles. The minimum atomic E-state index is -1.64. The van der Waals surface area contributed by atoms with E-state index in [4.69, 9.17) is 39.5 Å². The molecule has 0 amide bonds. The number of carbonyl (C=O) groups is 1. The van der Waals surface area contributed by atoms with Crippen LogP contribution in [0, 0.1) is 10.1 Å². The zero-order valence-electron chi connectivity index (χ0n) is 11.5. The molecule has 0 N–H and O–H groups in total. The Morgan fingerprint density at radius 2 is 1.65 bits per heavy atom. The van der Waals surface area contributed by atoms with E-state index in [1.807, 2.05) is 0 Å². The van der Waals surface area contributed by atoms with Crippen molar-refractivity contribution in [3.8, 4) is 11.5 Å². The number of aromatic carboxylic acids is 1. The fourth-order valence-electron chi connectivity index (χ4n) is 1.62. The Morgan fingerprint density at radius 1 is 1.09 bits per heavy atom. The normalized spacial score (nSPS) is 9.87. The summed E-state index contributed by atoms with van der Waals surface area (Å²) in [7, 11) is 0. The number of carbonyl (C=O) groups excluding carboxylic acids is 1. The van der Waals surface area contributed by atoms with Crippen LogP contribution in [0.5, 0.6) is 11.5 Å². The first-order valence-corrected chi connectivity index (χ1v) is 6.75. The number of nitro groups is 1. The third-order valence-electron chi connectivity index (χ3n) is 2.57. The Labute approximate surface area is 167 Å². The van der Waals surface area contributed by atoms with Gasteiger partial charge in [-0.3, -0.25) is 10.1 Å². The van der Waals surface area contributed by atoms with E-state index in [1.165, 1.54) is 12.1 Å². The first-order valence-electron chi connectivity index (χ1n) is 5.61. The van der Waals surface area contributed by atoms with Gasteiger partial charge in [0.15, 0.2) is 5.75 Å². The average molecular weight is 385 g/mol. The Balaban J connectivity index is 0.00000264. The van der Waals surface area contributed by atoms with E-state index >= 15 is 0 Å². The van der Waals surface area contributed by atoms with Crippen LogP contribution in [-0.4, -0.2) is 10.9 Å². The molecule has 114 valence electrons. The van der Waals surface area contributed by atoms with Crippen molar-refractivity contribution < 1.29 is 49.1 Å². The number of non-ortho nitro benzene ring substituents is 1. The van der Waals surface area contributed by atoms with Crippen LogP contribution in [0.3, 0.4) is 0 Å². The summed E-state index contributed by atoms with van der Waals surface area (Å²) in [6.07, 6.45) is 0. The van der Waals surface area contributed by atoms with Gasteiger partial charge in [-0.25, -0.2) is 0 Å². The van der Waals surface area contributed by atoms with Crippen molar-refractivity contribution in [2.24, 2.45) is 0 Å². The second-order valence-corrected chi connectivity index (χ2v) is 5.28. The van der Waals surface area contributed by atoms with Crippen molar-refractivity contribution in [1.29, 1.82) is 0 Å². The molecule has 2 aromatic carbocycles. The Kier molecular flexibility index (Phi) is 7.13. The number of rotatable bonds is 4. The number of ether oxygens (including phenoxy) is 1. The van der Waals surface area contributed by atoms with Gasteiger partial charge in [-0.2, -0.15) is 0 Å². The maximum Gasteiger partial charge on any atom is 1.00 e. The zero-order chi connectivity index (χ0) is 16.4. The third kappa shape index (κ3) is 4.73. The van der Waals surface area contributed by atoms with Gasteiger partial charge in [0, 0.05) is 22.7 Å². The maximum absolute atomic E-state index is 11.1. The summed E-state index contributed by atoms with van der Waals surface area (Å²) in [5.41, 5.74) is -0.920. The predicted octanol–water partition coefficient (Wildman–Crippen LogP) is 0.715. The molecule has 0 aliphatic heterocycles. The van der Waals surface area contributed by atoms with E-state index in [0.717, 1.165) is 18.2 Å². The molecule has 0 saturated heterocycles. The smallest absolute Gasteiger partial charge is 0.545 e. The van der Waals surface area contributed by atoms with Gasteiger partial charge in [-0.1, -0.05) is 34.8 Å². The number of carboxylic acids is 1. The molecule has 23 heavy (non-hydrogen) atoms. The van der Waals surface area contributed by atoms with Crippen molar-refractivity contribution in [2.45, 2.75) is 0 Å². The predicted molar refractivity (Wildman–Crippen MR) is 79.0 cm³/mol. The molecule has 0 atom stereocenters. The second-order valence-electron chi connectivity index (χ2n) is 4.03. The SMILES string of the molecule is O=C([O-])c1cc([N+](=O)[O-])ccc1Oc1c(Cl)cc(Cl)cc1Cl.[Na+]. The van der Waals surface area contributed by atoms with Crippen LogP contribution in [0.15, 0.2) is 30.3 Å². The molecule has 0 bridgehead atoms. The van der Waals surface area contributed by atoms with Crippen molar-refractivity contribution >= 4 is 46.5 Å². The maximum atomic E-state index is 11.1. The first kappa shape index (κ1) is 20.0. The summed E-state index contributed by atoms with van der Waals surface area (Å²) < 4.78 is 5.36. The average Bonchev–Trinajstić information content (AvgIpc) is 2.42. The van der Waals surface area contributed by atoms with Gasteiger partial charge in [-0.15, -0.1) is 0 Å². The molecule has 0 spiro atoms. The van der Waals surface area contributed by atoms with Crippen LogP contribution < -0.4 is 39.4 Å². The summed E-state index contributed by atoms with van der Waals surface area (Å²) in [4.78, 5) is 21.1. The van der Waals surface area contributed by atoms with E-state index in [-0.39, 0.29) is 56.1 Å². The van der Waals surface area contributed by atoms with Gasteiger partial charge in [-0.05, 0) is 18.2 Å². The van der Waals surface area contributed by atoms with E-state index < -0.39 is 22.1 Å². The van der Waals surface area contributed by atoms with Crippen LogP contribution in [0.1, 0.15) is 10.4 Å². The standard InChI is InChI=1S/C13H6Cl3NO5.Na/c14-6-3-9(15)12(10(16)4-6)22-11-2-1-7(17(20)21)5-8(11)13(18)19;/h1-5H,(H,18,19);/q;+1/p-1. The molecule has 2 aromatic rings. The van der Waals surface area contributed by atoms with Crippen molar-refractivity contribution in [3.05, 3.63) is 61.1 Å². The van der Waals surface area contributed by atoms with Crippen LogP contribution in [0.4, 0.5) is 5.69 Å². The minimum absolute atomic E-state index is 0. The molecule has 0 fully saturated rings. The molecule has 0 heterocycles. The van der Waals surface area contributed by atoms with Crippen molar-refractivity contribution in [3.63, 3.8) is 0 Å². The molecule has 0 aromatic heterocycles. The molecule has 6 nitrogen and oxygen atoms in total. The number of nitrogens with zero attached hydrogens (tertiary/aromatic N) is 1. The van der Waals surface area contributed by atoms with E-state index in [0.29, 0.717) is 0 Å². The molecule has 2 rings (SSSR count). The molecule has 0 aliphatic rings. The first-order chi connectivity index (χ1) is 10.3. The largest absolute Gasteiger partial charge is 1.00 e. The molecule has 0 aliphatic carbocycles. The number of halogens is 3.